The molecule has 0 fully saturated rings. The van der Waals surface area contributed by atoms with Gasteiger partial charge in [-0.1, -0.05) is 41.9 Å². The highest BCUT2D eigenvalue weighted by Gasteiger charge is 2.16. The van der Waals surface area contributed by atoms with Gasteiger partial charge in [0.2, 0.25) is 0 Å². The maximum absolute atomic E-state index is 13.8. The van der Waals surface area contributed by atoms with Crippen LogP contribution in [-0.2, 0) is 6.42 Å². The number of nitrogens with two attached hydrogens (primary N) is 1. The number of rotatable bonds is 4. The summed E-state index contributed by atoms with van der Waals surface area (Å²) in [5.41, 5.74) is 8.73. The molecule has 2 N–H and O–H groups in total. The van der Waals surface area contributed by atoms with Crippen molar-refractivity contribution in [2.24, 2.45) is 5.73 Å². The van der Waals surface area contributed by atoms with Gasteiger partial charge in [0.15, 0.2) is 0 Å². The van der Waals surface area contributed by atoms with E-state index in [1.165, 1.54) is 11.6 Å². The molecule has 0 saturated heterocycles. The third-order valence-electron chi connectivity index (χ3n) is 3.43. The van der Waals surface area contributed by atoms with Crippen molar-refractivity contribution in [2.45, 2.75) is 19.3 Å². The monoisotopic (exact) mass is 277 g/mol. The van der Waals surface area contributed by atoms with Crippen molar-refractivity contribution >= 4 is 11.6 Å². The second-order valence-corrected chi connectivity index (χ2v) is 5.10. The Morgan fingerprint density at radius 3 is 2.53 bits per heavy atom. The molecule has 1 nitrogen and oxygen atoms in total. The van der Waals surface area contributed by atoms with E-state index < -0.39 is 0 Å². The van der Waals surface area contributed by atoms with E-state index in [0.29, 0.717) is 23.6 Å². The lowest BCUT2D eigenvalue weighted by atomic mass is 9.89. The first-order chi connectivity index (χ1) is 9.13. The summed E-state index contributed by atoms with van der Waals surface area (Å²) in [6.07, 6.45) is 0.521. The molecule has 2 rings (SSSR count). The first kappa shape index (κ1) is 14.0. The first-order valence-corrected chi connectivity index (χ1v) is 6.69. The van der Waals surface area contributed by atoms with Gasteiger partial charge in [0, 0.05) is 16.5 Å². The standard InChI is InChI=1S/C16H17ClFN/c1-11-5-2-3-6-13(11)12(10-19)9-14-15(17)7-4-8-16(14)18/h2-8,12H,9-10,19H2,1H3. The zero-order valence-corrected chi connectivity index (χ0v) is 11.6. The lowest BCUT2D eigenvalue weighted by molar-refractivity contribution is 0.590. The third-order valence-corrected chi connectivity index (χ3v) is 3.78. The van der Waals surface area contributed by atoms with Crippen LogP contribution >= 0.6 is 11.6 Å². The van der Waals surface area contributed by atoms with Gasteiger partial charge in [0.25, 0.3) is 0 Å². The average Bonchev–Trinajstić information content (AvgIpc) is 2.40. The van der Waals surface area contributed by atoms with Gasteiger partial charge >= 0.3 is 0 Å². The highest BCUT2D eigenvalue weighted by atomic mass is 35.5. The van der Waals surface area contributed by atoms with Crippen LogP contribution in [0.3, 0.4) is 0 Å². The summed E-state index contributed by atoms with van der Waals surface area (Å²) in [6, 6.07) is 12.8. The van der Waals surface area contributed by atoms with Gasteiger partial charge in [-0.05, 0) is 43.1 Å². The average molecular weight is 278 g/mol. The van der Waals surface area contributed by atoms with Crippen molar-refractivity contribution in [1.29, 1.82) is 0 Å². The van der Waals surface area contributed by atoms with Gasteiger partial charge in [-0.3, -0.25) is 0 Å². The molecule has 100 valence electrons. The van der Waals surface area contributed by atoms with Crippen LogP contribution in [0.15, 0.2) is 42.5 Å². The highest BCUT2D eigenvalue weighted by molar-refractivity contribution is 6.31. The molecule has 0 radical (unpaired) electrons. The fraction of sp³-hybridized carbons (Fsp3) is 0.250. The van der Waals surface area contributed by atoms with Gasteiger partial charge in [-0.2, -0.15) is 0 Å². The molecule has 0 aliphatic heterocycles. The summed E-state index contributed by atoms with van der Waals surface area (Å²) >= 11 is 6.08. The lowest BCUT2D eigenvalue weighted by Gasteiger charge is -2.18. The molecule has 19 heavy (non-hydrogen) atoms. The Hall–Kier alpha value is -1.38. The number of hydrogen-bond acceptors (Lipinski definition) is 1. The maximum atomic E-state index is 13.8. The predicted octanol–water partition coefficient (Wildman–Crippen LogP) is 4.07. The second kappa shape index (κ2) is 6.18. The lowest BCUT2D eigenvalue weighted by Crippen LogP contribution is -2.17. The first-order valence-electron chi connectivity index (χ1n) is 6.32. The van der Waals surface area contributed by atoms with Gasteiger partial charge in [-0.15, -0.1) is 0 Å². The van der Waals surface area contributed by atoms with Crippen molar-refractivity contribution in [3.8, 4) is 0 Å². The Labute approximate surface area is 118 Å². The minimum absolute atomic E-state index is 0.0793. The molecule has 1 atom stereocenters. The molecular weight excluding hydrogens is 261 g/mol. The molecule has 0 heterocycles. The van der Waals surface area contributed by atoms with Crippen molar-refractivity contribution in [1.82, 2.24) is 0 Å². The predicted molar refractivity (Wildman–Crippen MR) is 78.1 cm³/mol. The molecule has 3 heteroatoms. The van der Waals surface area contributed by atoms with Crippen LogP contribution in [0.4, 0.5) is 4.39 Å². The van der Waals surface area contributed by atoms with Crippen molar-refractivity contribution in [2.75, 3.05) is 6.54 Å². The summed E-state index contributed by atoms with van der Waals surface area (Å²) in [4.78, 5) is 0. The molecule has 0 bridgehead atoms. The highest BCUT2D eigenvalue weighted by Crippen LogP contribution is 2.28. The van der Waals surface area contributed by atoms with E-state index in [-0.39, 0.29) is 11.7 Å². The van der Waals surface area contributed by atoms with Crippen LogP contribution in [0.2, 0.25) is 5.02 Å². The molecule has 2 aromatic carbocycles. The fourth-order valence-electron chi connectivity index (χ4n) is 2.34. The van der Waals surface area contributed by atoms with Gasteiger partial charge in [-0.25, -0.2) is 4.39 Å². The van der Waals surface area contributed by atoms with E-state index >= 15 is 0 Å². The molecule has 0 spiro atoms. The molecule has 0 amide bonds. The van der Waals surface area contributed by atoms with E-state index in [4.69, 9.17) is 17.3 Å². The van der Waals surface area contributed by atoms with Crippen molar-refractivity contribution in [3.05, 3.63) is 70.0 Å². The number of aryl methyl sites for hydroxylation is 1. The summed E-state index contributed by atoms with van der Waals surface area (Å²) in [7, 11) is 0. The number of benzene rings is 2. The third kappa shape index (κ3) is 3.14. The Morgan fingerprint density at radius 2 is 1.89 bits per heavy atom. The van der Waals surface area contributed by atoms with Gasteiger partial charge in [0.1, 0.15) is 5.82 Å². The Morgan fingerprint density at radius 1 is 1.16 bits per heavy atom. The SMILES string of the molecule is Cc1ccccc1C(CN)Cc1c(F)cccc1Cl. The quantitative estimate of drug-likeness (QED) is 0.896. The van der Waals surface area contributed by atoms with Crippen LogP contribution < -0.4 is 5.73 Å². The van der Waals surface area contributed by atoms with Crippen LogP contribution in [0.5, 0.6) is 0 Å². The van der Waals surface area contributed by atoms with Crippen molar-refractivity contribution in [3.63, 3.8) is 0 Å². The minimum atomic E-state index is -0.264. The van der Waals surface area contributed by atoms with Crippen LogP contribution in [0, 0.1) is 12.7 Å². The molecular formula is C16H17ClFN. The van der Waals surface area contributed by atoms with E-state index in [1.807, 2.05) is 31.2 Å². The maximum Gasteiger partial charge on any atom is 0.127 e. The summed E-state index contributed by atoms with van der Waals surface area (Å²) in [6.45, 7) is 2.51. The number of halogens is 2. The van der Waals surface area contributed by atoms with Gasteiger partial charge < -0.3 is 5.73 Å². The van der Waals surface area contributed by atoms with E-state index in [2.05, 4.69) is 0 Å². The smallest absolute Gasteiger partial charge is 0.127 e. The summed E-state index contributed by atoms with van der Waals surface area (Å²) in [5, 5.41) is 0.465. The van der Waals surface area contributed by atoms with Gasteiger partial charge in [0.05, 0.1) is 0 Å². The summed E-state index contributed by atoms with van der Waals surface area (Å²) < 4.78 is 13.8. The zero-order valence-electron chi connectivity index (χ0n) is 10.9. The Balaban J connectivity index is 2.32. The topological polar surface area (TPSA) is 26.0 Å². The zero-order chi connectivity index (χ0) is 13.8. The normalized spacial score (nSPS) is 12.4. The van der Waals surface area contributed by atoms with Crippen LogP contribution in [-0.4, -0.2) is 6.54 Å². The van der Waals surface area contributed by atoms with E-state index in [1.54, 1.807) is 12.1 Å². The molecule has 0 aromatic heterocycles. The molecule has 2 aromatic rings. The number of hydrogen-bond donors (Lipinski definition) is 1. The summed E-state index contributed by atoms with van der Waals surface area (Å²) in [5.74, 6) is -0.185. The molecule has 0 aliphatic carbocycles. The largest absolute Gasteiger partial charge is 0.330 e. The van der Waals surface area contributed by atoms with Crippen LogP contribution in [0.25, 0.3) is 0 Å². The second-order valence-electron chi connectivity index (χ2n) is 4.69. The van der Waals surface area contributed by atoms with E-state index in [9.17, 15) is 4.39 Å². The minimum Gasteiger partial charge on any atom is -0.330 e. The van der Waals surface area contributed by atoms with E-state index in [0.717, 1.165) is 5.56 Å². The Bertz CT molecular complexity index is 548. The molecule has 0 aliphatic rings. The van der Waals surface area contributed by atoms with Crippen molar-refractivity contribution < 1.29 is 4.39 Å². The molecule has 1 unspecified atom stereocenters. The molecule has 0 saturated carbocycles. The fourth-order valence-corrected chi connectivity index (χ4v) is 2.58. The Kier molecular flexibility index (Phi) is 4.56. The van der Waals surface area contributed by atoms with Crippen LogP contribution in [0.1, 0.15) is 22.6 Å².